The lowest BCUT2D eigenvalue weighted by Crippen LogP contribution is -2.33. The number of nitrogens with one attached hydrogen (secondary N) is 2. The molecule has 0 aliphatic heterocycles. The lowest BCUT2D eigenvalue weighted by Gasteiger charge is -2.21. The molecule has 3 rings (SSSR count). The molecule has 0 saturated carbocycles. The van der Waals surface area contributed by atoms with Crippen LogP contribution in [0.4, 0.5) is 5.69 Å². The maximum Gasteiger partial charge on any atom is 0.305 e. The molecule has 0 aliphatic carbocycles. The molecule has 9 heteroatoms. The van der Waals surface area contributed by atoms with Gasteiger partial charge in [-0.25, -0.2) is 0 Å². The molecule has 0 spiro atoms. The van der Waals surface area contributed by atoms with Crippen LogP contribution in [-0.4, -0.2) is 20.6 Å². The van der Waals surface area contributed by atoms with E-state index in [4.69, 9.17) is 35.4 Å². The summed E-state index contributed by atoms with van der Waals surface area (Å²) in [6.45, 7) is 0. The molecular formula is C17H13Cl2N3O2S2. The molecule has 26 heavy (non-hydrogen) atoms. The third kappa shape index (κ3) is 4.62. The van der Waals surface area contributed by atoms with Crippen molar-refractivity contribution in [1.29, 1.82) is 0 Å². The minimum atomic E-state index is -0.970. The number of halogens is 2. The van der Waals surface area contributed by atoms with Crippen LogP contribution in [0.2, 0.25) is 10.0 Å². The largest absolute Gasteiger partial charge is 0.481 e. The highest BCUT2D eigenvalue weighted by molar-refractivity contribution is 7.80. The second-order valence-electron chi connectivity index (χ2n) is 5.49. The van der Waals surface area contributed by atoms with Gasteiger partial charge in [0.25, 0.3) is 0 Å². The molecule has 3 N–H and O–H groups in total. The molecule has 2 aromatic carbocycles. The molecule has 1 atom stereocenters. The number of hydrogen-bond acceptors (Lipinski definition) is 4. The van der Waals surface area contributed by atoms with E-state index in [1.807, 2.05) is 18.2 Å². The Kier molecular flexibility index (Phi) is 5.93. The summed E-state index contributed by atoms with van der Waals surface area (Å²) >= 11 is 18.9. The van der Waals surface area contributed by atoms with Gasteiger partial charge in [0, 0.05) is 27.3 Å². The molecule has 0 amide bonds. The first-order valence-corrected chi connectivity index (χ1v) is 9.45. The van der Waals surface area contributed by atoms with Crippen LogP contribution in [0.1, 0.15) is 18.0 Å². The lowest BCUT2D eigenvalue weighted by atomic mass is 10.0. The van der Waals surface area contributed by atoms with Gasteiger partial charge in [0.05, 0.1) is 17.2 Å². The van der Waals surface area contributed by atoms with Gasteiger partial charge in [-0.3, -0.25) is 4.79 Å². The summed E-state index contributed by atoms with van der Waals surface area (Å²) in [6, 6.07) is 10.1. The maximum atomic E-state index is 11.2. The molecule has 0 bridgehead atoms. The van der Waals surface area contributed by atoms with Crippen LogP contribution in [0.15, 0.2) is 42.6 Å². The summed E-state index contributed by atoms with van der Waals surface area (Å²) in [7, 11) is 0. The predicted molar refractivity (Wildman–Crippen MR) is 110 cm³/mol. The Morgan fingerprint density at radius 1 is 1.27 bits per heavy atom. The van der Waals surface area contributed by atoms with Crippen LogP contribution in [0.25, 0.3) is 10.1 Å². The third-order valence-electron chi connectivity index (χ3n) is 3.63. The maximum absolute atomic E-state index is 11.2. The first-order chi connectivity index (χ1) is 12.4. The van der Waals surface area contributed by atoms with Crippen LogP contribution in [0.5, 0.6) is 0 Å². The van der Waals surface area contributed by atoms with Crippen LogP contribution < -0.4 is 10.6 Å². The van der Waals surface area contributed by atoms with Crippen molar-refractivity contribution < 1.29 is 9.90 Å². The number of nitrogens with zero attached hydrogens (tertiary/aromatic N) is 1. The van der Waals surface area contributed by atoms with Crippen molar-refractivity contribution in [1.82, 2.24) is 9.69 Å². The average Bonchev–Trinajstić information content (AvgIpc) is 3.01. The van der Waals surface area contributed by atoms with E-state index in [0.717, 1.165) is 15.8 Å². The summed E-state index contributed by atoms with van der Waals surface area (Å²) < 4.78 is 5.21. The molecule has 0 fully saturated rings. The second kappa shape index (κ2) is 8.18. The minimum absolute atomic E-state index is 0.184. The summed E-state index contributed by atoms with van der Waals surface area (Å²) in [5, 5.41) is 17.4. The SMILES string of the molecule is O=C(O)C[C@@H](NC(=S)Nc1ccc2sncc2c1)c1ccc(Cl)cc1Cl. The van der Waals surface area contributed by atoms with Gasteiger partial charge < -0.3 is 15.7 Å². The molecule has 5 nitrogen and oxygen atoms in total. The van der Waals surface area contributed by atoms with Crippen LogP contribution in [0.3, 0.4) is 0 Å². The zero-order valence-electron chi connectivity index (χ0n) is 13.2. The first kappa shape index (κ1) is 18.8. The van der Waals surface area contributed by atoms with Gasteiger partial charge in [-0.2, -0.15) is 4.37 Å². The van der Waals surface area contributed by atoms with Crippen molar-refractivity contribution in [2.45, 2.75) is 12.5 Å². The number of carbonyl (C=O) groups is 1. The number of thiocarbonyl (C=S) groups is 1. The Morgan fingerprint density at radius 2 is 2.08 bits per heavy atom. The first-order valence-electron chi connectivity index (χ1n) is 7.51. The number of hydrogen-bond donors (Lipinski definition) is 3. The lowest BCUT2D eigenvalue weighted by molar-refractivity contribution is -0.137. The van der Waals surface area contributed by atoms with Crippen LogP contribution in [-0.2, 0) is 4.79 Å². The molecule has 134 valence electrons. The normalized spacial score (nSPS) is 11.9. The van der Waals surface area contributed by atoms with Gasteiger partial charge >= 0.3 is 5.97 Å². The van der Waals surface area contributed by atoms with Crippen molar-refractivity contribution in [3.05, 3.63) is 58.2 Å². The fourth-order valence-electron chi connectivity index (χ4n) is 2.47. The minimum Gasteiger partial charge on any atom is -0.481 e. The Balaban J connectivity index is 1.77. The van der Waals surface area contributed by atoms with E-state index >= 15 is 0 Å². The molecule has 0 saturated heterocycles. The number of aliphatic carboxylic acids is 1. The van der Waals surface area contributed by atoms with Crippen LogP contribution in [0, 0.1) is 0 Å². The van der Waals surface area contributed by atoms with E-state index in [1.54, 1.807) is 24.4 Å². The molecule has 1 aromatic heterocycles. The number of fused-ring (bicyclic) bond motifs is 1. The average molecular weight is 426 g/mol. The highest BCUT2D eigenvalue weighted by Crippen LogP contribution is 2.28. The molecule has 0 radical (unpaired) electrons. The molecule has 1 heterocycles. The Hall–Kier alpha value is -1.93. The Bertz CT molecular complexity index is 978. The Morgan fingerprint density at radius 3 is 2.81 bits per heavy atom. The Labute approximate surface area is 169 Å². The summed E-state index contributed by atoms with van der Waals surface area (Å²) in [5.74, 6) is -0.970. The van der Waals surface area contributed by atoms with E-state index < -0.39 is 12.0 Å². The van der Waals surface area contributed by atoms with Gasteiger partial charge in [0.2, 0.25) is 0 Å². The fourth-order valence-corrected chi connectivity index (χ4v) is 3.90. The van der Waals surface area contributed by atoms with E-state index in [9.17, 15) is 9.90 Å². The van der Waals surface area contributed by atoms with Crippen molar-refractivity contribution in [3.8, 4) is 0 Å². The number of anilines is 1. The highest BCUT2D eigenvalue weighted by Gasteiger charge is 2.19. The number of carboxylic acid groups (broad SMARTS) is 1. The number of aromatic nitrogens is 1. The summed E-state index contributed by atoms with van der Waals surface area (Å²) in [4.78, 5) is 11.2. The van der Waals surface area contributed by atoms with Crippen molar-refractivity contribution >= 4 is 73.8 Å². The van der Waals surface area contributed by atoms with Gasteiger partial charge in [-0.05, 0) is 59.6 Å². The highest BCUT2D eigenvalue weighted by atomic mass is 35.5. The third-order valence-corrected chi connectivity index (χ3v) is 5.19. The standard InChI is InChI=1S/C17H13Cl2N3O2S2/c18-10-1-3-12(13(19)6-10)14(7-16(23)24)22-17(25)21-11-2-4-15-9(5-11)8-20-26-15/h1-6,8,14H,7H2,(H,23,24)(H2,21,22,25)/t14-/m1/s1. The predicted octanol–water partition coefficient (Wildman–Crippen LogP) is 5.11. The van der Waals surface area contributed by atoms with Crippen molar-refractivity contribution in [2.24, 2.45) is 0 Å². The molecule has 3 aromatic rings. The van der Waals surface area contributed by atoms with E-state index in [2.05, 4.69) is 15.0 Å². The topological polar surface area (TPSA) is 74.2 Å². The molecule has 0 unspecified atom stereocenters. The zero-order valence-corrected chi connectivity index (χ0v) is 16.3. The van der Waals surface area contributed by atoms with Gasteiger partial charge in [0.15, 0.2) is 5.11 Å². The number of rotatable bonds is 5. The van der Waals surface area contributed by atoms with E-state index in [0.29, 0.717) is 20.7 Å². The van der Waals surface area contributed by atoms with Crippen molar-refractivity contribution in [3.63, 3.8) is 0 Å². The van der Waals surface area contributed by atoms with Gasteiger partial charge in [0.1, 0.15) is 0 Å². The van der Waals surface area contributed by atoms with E-state index in [-0.39, 0.29) is 6.42 Å². The fraction of sp³-hybridized carbons (Fsp3) is 0.118. The number of benzene rings is 2. The summed E-state index contributed by atoms with van der Waals surface area (Å²) in [6.07, 6.45) is 1.60. The molecule has 0 aliphatic rings. The molecular weight excluding hydrogens is 413 g/mol. The zero-order chi connectivity index (χ0) is 18.7. The van der Waals surface area contributed by atoms with E-state index in [1.165, 1.54) is 11.5 Å². The smallest absolute Gasteiger partial charge is 0.305 e. The van der Waals surface area contributed by atoms with Gasteiger partial charge in [-0.1, -0.05) is 29.3 Å². The second-order valence-corrected chi connectivity index (χ2v) is 7.58. The van der Waals surface area contributed by atoms with Crippen molar-refractivity contribution in [2.75, 3.05) is 5.32 Å². The van der Waals surface area contributed by atoms with Gasteiger partial charge in [-0.15, -0.1) is 0 Å². The number of carboxylic acids is 1. The monoisotopic (exact) mass is 425 g/mol. The summed E-state index contributed by atoms with van der Waals surface area (Å²) in [5.41, 5.74) is 1.39. The quantitative estimate of drug-likeness (QED) is 0.493. The van der Waals surface area contributed by atoms with Crippen LogP contribution >= 0.6 is 47.0 Å².